The number of esters is 1. The Morgan fingerprint density at radius 3 is 1.97 bits per heavy atom. The second kappa shape index (κ2) is 19.9. The van der Waals surface area contributed by atoms with Gasteiger partial charge in [-0.05, 0) is 75.6 Å². The van der Waals surface area contributed by atoms with Crippen molar-refractivity contribution in [3.05, 3.63) is 128 Å². The van der Waals surface area contributed by atoms with E-state index in [-0.39, 0.29) is 30.7 Å². The summed E-state index contributed by atoms with van der Waals surface area (Å²) in [6.45, 7) is 8.95. The van der Waals surface area contributed by atoms with Crippen molar-refractivity contribution in [1.29, 1.82) is 5.26 Å². The Hall–Kier alpha value is -4.91. The number of carbonyl (C=O) groups excluding carboxylic acids is 1. The van der Waals surface area contributed by atoms with Gasteiger partial charge in [-0.25, -0.2) is 14.3 Å². The lowest BCUT2D eigenvalue weighted by Crippen LogP contribution is -2.56. The standard InChI is InChI=1S/C43H53N4O11P/c1-28(2)47(29(3)4)59(56-25-13-24-44)58-37-36(53-8)39(46-26-30(5)38(48)45-41(46)50)57-42(37,40(49)54-9)27-55-43(31-14-11-10-12-15-31,32-16-20-34(51-6)21-17-32)33-18-22-35(52-7)23-19-33/h10-12,14-23,26,28-29,36-37,39H,13,25,27H2,1-9H3,(H,45,48,50)/t36-,37+,39-,42-,59?/m1/s1. The second-order valence-corrected chi connectivity index (χ2v) is 15.8. The number of benzene rings is 3. The summed E-state index contributed by atoms with van der Waals surface area (Å²) in [5, 5.41) is 9.44. The van der Waals surface area contributed by atoms with Crippen LogP contribution in [0, 0.1) is 18.3 Å². The molecule has 0 saturated carbocycles. The number of methoxy groups -OCH3 is 4. The van der Waals surface area contributed by atoms with Crippen molar-refractivity contribution in [3.8, 4) is 17.6 Å². The van der Waals surface area contributed by atoms with Gasteiger partial charge in [0.1, 0.15) is 29.3 Å². The molecule has 1 aliphatic heterocycles. The molecule has 16 heteroatoms. The molecule has 5 atom stereocenters. The summed E-state index contributed by atoms with van der Waals surface area (Å²) in [6, 6.07) is 26.1. The zero-order valence-corrected chi connectivity index (χ0v) is 35.8. The van der Waals surface area contributed by atoms with E-state index in [1.54, 1.807) is 21.1 Å². The molecule has 316 valence electrons. The Kier molecular flexibility index (Phi) is 15.2. The van der Waals surface area contributed by atoms with Crippen LogP contribution in [-0.2, 0) is 38.4 Å². The Bertz CT molecular complexity index is 2100. The molecule has 1 fully saturated rings. The summed E-state index contributed by atoms with van der Waals surface area (Å²) < 4.78 is 53.3. The van der Waals surface area contributed by atoms with Crippen molar-refractivity contribution < 1.29 is 42.3 Å². The molecule has 3 aromatic carbocycles. The average Bonchev–Trinajstić information content (AvgIpc) is 3.55. The van der Waals surface area contributed by atoms with Crippen LogP contribution in [0.4, 0.5) is 0 Å². The molecule has 1 unspecified atom stereocenters. The number of rotatable bonds is 19. The number of H-pyrrole nitrogens is 1. The van der Waals surface area contributed by atoms with Crippen molar-refractivity contribution in [3.63, 3.8) is 0 Å². The summed E-state index contributed by atoms with van der Waals surface area (Å²) >= 11 is 0. The molecule has 4 aromatic rings. The molecule has 5 rings (SSSR count). The highest BCUT2D eigenvalue weighted by Gasteiger charge is 2.65. The van der Waals surface area contributed by atoms with E-state index in [0.717, 1.165) is 4.57 Å². The maximum absolute atomic E-state index is 14.7. The highest BCUT2D eigenvalue weighted by molar-refractivity contribution is 7.44. The van der Waals surface area contributed by atoms with Crippen LogP contribution in [-0.4, -0.2) is 91.7 Å². The SMILES string of the molecule is COC(=O)[C@]1(COC(c2ccccc2)(c2ccc(OC)cc2)c2ccc(OC)cc2)O[C@@H](n2cc(C)c(=O)[nH]c2=O)[C@H](OC)[C@@H]1OP(OCCC#N)N(C(C)C)C(C)C. The number of aryl methyl sites for hydroxylation is 1. The maximum Gasteiger partial charge on any atom is 0.343 e. The summed E-state index contributed by atoms with van der Waals surface area (Å²) in [6.07, 6.45) is -2.51. The van der Waals surface area contributed by atoms with E-state index in [1.807, 2.05) is 111 Å². The molecule has 1 N–H and O–H groups in total. The Morgan fingerprint density at radius 1 is 0.915 bits per heavy atom. The van der Waals surface area contributed by atoms with Gasteiger partial charge in [-0.1, -0.05) is 54.6 Å². The Balaban J connectivity index is 1.79. The molecule has 2 heterocycles. The monoisotopic (exact) mass is 832 g/mol. The summed E-state index contributed by atoms with van der Waals surface area (Å²) in [5.74, 6) is 0.336. The summed E-state index contributed by atoms with van der Waals surface area (Å²) in [5.41, 5.74) is -2.73. The molecular formula is C43H53N4O11P. The third kappa shape index (κ3) is 9.30. The molecular weight excluding hydrogens is 779 g/mol. The van der Waals surface area contributed by atoms with Crippen LogP contribution in [0.25, 0.3) is 0 Å². The maximum atomic E-state index is 14.7. The molecule has 59 heavy (non-hydrogen) atoms. The van der Waals surface area contributed by atoms with Crippen molar-refractivity contribution in [2.75, 3.05) is 41.7 Å². The van der Waals surface area contributed by atoms with Gasteiger partial charge in [0, 0.05) is 31.0 Å². The first kappa shape index (κ1) is 45.2. The molecule has 0 aliphatic carbocycles. The lowest BCUT2D eigenvalue weighted by atomic mass is 9.79. The quantitative estimate of drug-likeness (QED) is 0.0506. The van der Waals surface area contributed by atoms with E-state index in [0.29, 0.717) is 28.2 Å². The number of aromatic nitrogens is 2. The minimum Gasteiger partial charge on any atom is -0.497 e. The lowest BCUT2D eigenvalue weighted by Gasteiger charge is -2.42. The largest absolute Gasteiger partial charge is 0.497 e. The topological polar surface area (TPSA) is 173 Å². The highest BCUT2D eigenvalue weighted by Crippen LogP contribution is 2.54. The van der Waals surface area contributed by atoms with Crippen LogP contribution in [0.15, 0.2) is 94.6 Å². The van der Waals surface area contributed by atoms with Gasteiger partial charge in [-0.3, -0.25) is 14.3 Å². The van der Waals surface area contributed by atoms with Crippen molar-refractivity contribution >= 4 is 14.5 Å². The molecule has 0 bridgehead atoms. The molecule has 1 saturated heterocycles. The van der Waals surface area contributed by atoms with Crippen molar-refractivity contribution in [2.45, 2.75) is 82.8 Å². The van der Waals surface area contributed by atoms with E-state index in [1.165, 1.54) is 20.4 Å². The Morgan fingerprint density at radius 2 is 1.47 bits per heavy atom. The third-order valence-electron chi connectivity index (χ3n) is 10.1. The minimum atomic E-state index is -2.17. The normalized spacial score (nSPS) is 19.8. The van der Waals surface area contributed by atoms with Gasteiger partial charge in [0.25, 0.3) is 14.1 Å². The molecule has 1 aromatic heterocycles. The van der Waals surface area contributed by atoms with Gasteiger partial charge in [-0.2, -0.15) is 5.26 Å². The zero-order chi connectivity index (χ0) is 42.9. The van der Waals surface area contributed by atoms with Crippen LogP contribution in [0.1, 0.15) is 62.6 Å². The fourth-order valence-corrected chi connectivity index (χ4v) is 9.12. The number of nitrogens with zero attached hydrogens (tertiary/aromatic N) is 3. The second-order valence-electron chi connectivity index (χ2n) is 14.4. The number of hydrogen-bond acceptors (Lipinski definition) is 13. The Labute approximate surface area is 345 Å². The van der Waals surface area contributed by atoms with Crippen LogP contribution in [0.2, 0.25) is 0 Å². The first-order valence-electron chi connectivity index (χ1n) is 19.2. The van der Waals surface area contributed by atoms with Gasteiger partial charge in [0.2, 0.25) is 5.60 Å². The van der Waals surface area contributed by atoms with E-state index >= 15 is 0 Å². The van der Waals surface area contributed by atoms with Gasteiger partial charge in [0.15, 0.2) is 6.23 Å². The first-order valence-corrected chi connectivity index (χ1v) is 20.3. The van der Waals surface area contributed by atoms with Gasteiger partial charge in [-0.15, -0.1) is 0 Å². The van der Waals surface area contributed by atoms with E-state index in [4.69, 9.17) is 37.5 Å². The summed E-state index contributed by atoms with van der Waals surface area (Å²) in [7, 11) is 3.72. The van der Waals surface area contributed by atoms with Crippen LogP contribution < -0.4 is 20.7 Å². The fraction of sp³-hybridized carbons (Fsp3) is 0.442. The van der Waals surface area contributed by atoms with E-state index in [2.05, 4.69) is 11.1 Å². The van der Waals surface area contributed by atoms with Crippen LogP contribution in [0.5, 0.6) is 11.5 Å². The number of ether oxygens (including phenoxy) is 6. The van der Waals surface area contributed by atoms with Gasteiger partial charge in [0.05, 0.1) is 47.0 Å². The number of carbonyl (C=O) groups is 1. The zero-order valence-electron chi connectivity index (χ0n) is 34.9. The predicted molar refractivity (Wildman–Crippen MR) is 220 cm³/mol. The lowest BCUT2D eigenvalue weighted by molar-refractivity contribution is -0.197. The first-order chi connectivity index (χ1) is 28.3. The molecule has 0 amide bonds. The number of nitrogens with one attached hydrogen (secondary N) is 1. The number of aromatic amines is 1. The van der Waals surface area contributed by atoms with Crippen molar-refractivity contribution in [2.24, 2.45) is 0 Å². The highest BCUT2D eigenvalue weighted by atomic mass is 31.2. The van der Waals surface area contributed by atoms with Crippen LogP contribution >= 0.6 is 8.53 Å². The minimum absolute atomic E-state index is 0.0269. The molecule has 1 aliphatic rings. The number of nitriles is 1. The number of hydrogen-bond donors (Lipinski definition) is 1. The smallest absolute Gasteiger partial charge is 0.343 e. The van der Waals surface area contributed by atoms with Crippen LogP contribution in [0.3, 0.4) is 0 Å². The van der Waals surface area contributed by atoms with Gasteiger partial charge < -0.3 is 37.5 Å². The third-order valence-corrected chi connectivity index (χ3v) is 12.2. The molecule has 0 radical (unpaired) electrons. The average molecular weight is 833 g/mol. The fourth-order valence-electron chi connectivity index (χ4n) is 7.33. The molecule has 15 nitrogen and oxygen atoms in total. The van der Waals surface area contributed by atoms with E-state index in [9.17, 15) is 19.6 Å². The molecule has 0 spiro atoms. The predicted octanol–water partition coefficient (Wildman–Crippen LogP) is 5.99. The van der Waals surface area contributed by atoms with Gasteiger partial charge >= 0.3 is 11.7 Å². The van der Waals surface area contributed by atoms with Crippen molar-refractivity contribution in [1.82, 2.24) is 14.2 Å². The summed E-state index contributed by atoms with van der Waals surface area (Å²) in [4.78, 5) is 43.2. The van der Waals surface area contributed by atoms with E-state index < -0.39 is 62.0 Å².